The van der Waals surface area contributed by atoms with Gasteiger partial charge in [-0.1, -0.05) is 24.8 Å². The summed E-state index contributed by atoms with van der Waals surface area (Å²) in [5.74, 6) is 0.174. The zero-order valence-electron chi connectivity index (χ0n) is 16.5. The van der Waals surface area contributed by atoms with Crippen LogP contribution in [0.5, 0.6) is 11.5 Å². The van der Waals surface area contributed by atoms with Gasteiger partial charge in [0.25, 0.3) is 0 Å². The standard InChI is InChI=1S/C23H24N2O4/c1-13(2)12-29-19-9-8-14(10-20(19)28-3)21-22-16(11-18(25-21)23(26)27)15-6-4-5-7-17(15)24-22/h4-10,18,21,24-25H,1,11-12H2,2-3H3,(H,26,27)/t18-,21+/m1/s1. The number of fused-ring (bicyclic) bond motifs is 3. The SMILES string of the molecule is C=C(C)COc1ccc([C@@H]2[NH2+][C@@H](C(=O)[O-])Cc3c2[nH]c2ccccc32)cc1OC. The number of carbonyl (C=O) groups excluding carboxylic acids is 1. The first kappa shape index (κ1) is 19.1. The highest BCUT2D eigenvalue weighted by molar-refractivity contribution is 5.86. The monoisotopic (exact) mass is 392 g/mol. The van der Waals surface area contributed by atoms with Crippen LogP contribution in [0, 0.1) is 0 Å². The predicted molar refractivity (Wildman–Crippen MR) is 108 cm³/mol. The van der Waals surface area contributed by atoms with Crippen molar-refractivity contribution in [1.82, 2.24) is 4.98 Å². The van der Waals surface area contributed by atoms with Gasteiger partial charge in [-0.3, -0.25) is 0 Å². The van der Waals surface area contributed by atoms with Crippen LogP contribution in [0.3, 0.4) is 0 Å². The smallest absolute Gasteiger partial charge is 0.161 e. The lowest BCUT2D eigenvalue weighted by Gasteiger charge is -2.29. The zero-order chi connectivity index (χ0) is 20.5. The van der Waals surface area contributed by atoms with Gasteiger partial charge >= 0.3 is 0 Å². The van der Waals surface area contributed by atoms with Crippen LogP contribution in [-0.4, -0.2) is 30.7 Å². The molecule has 150 valence electrons. The quantitative estimate of drug-likeness (QED) is 0.622. The van der Waals surface area contributed by atoms with Crippen molar-refractivity contribution in [2.45, 2.75) is 25.4 Å². The third-order valence-electron chi connectivity index (χ3n) is 5.33. The van der Waals surface area contributed by atoms with E-state index >= 15 is 0 Å². The van der Waals surface area contributed by atoms with E-state index in [-0.39, 0.29) is 6.04 Å². The maximum absolute atomic E-state index is 11.7. The van der Waals surface area contributed by atoms with Gasteiger partial charge in [0.1, 0.15) is 12.6 Å². The number of aromatic amines is 1. The largest absolute Gasteiger partial charge is 0.544 e. The topological polar surface area (TPSA) is 91.0 Å². The lowest BCUT2D eigenvalue weighted by Crippen LogP contribution is -2.95. The van der Waals surface area contributed by atoms with Crippen molar-refractivity contribution in [2.24, 2.45) is 0 Å². The Hall–Kier alpha value is -3.25. The molecule has 2 aromatic carbocycles. The summed E-state index contributed by atoms with van der Waals surface area (Å²) in [7, 11) is 1.59. The Labute approximate surface area is 169 Å². The van der Waals surface area contributed by atoms with E-state index in [0.717, 1.165) is 33.3 Å². The number of hydrogen-bond acceptors (Lipinski definition) is 4. The van der Waals surface area contributed by atoms with E-state index in [4.69, 9.17) is 9.47 Å². The number of benzene rings is 2. The minimum absolute atomic E-state index is 0.210. The Morgan fingerprint density at radius 1 is 1.28 bits per heavy atom. The third-order valence-corrected chi connectivity index (χ3v) is 5.33. The number of hydrogen-bond donors (Lipinski definition) is 2. The lowest BCUT2D eigenvalue weighted by atomic mass is 9.90. The highest BCUT2D eigenvalue weighted by atomic mass is 16.5. The highest BCUT2D eigenvalue weighted by Crippen LogP contribution is 2.35. The number of aliphatic carboxylic acids is 1. The molecule has 0 amide bonds. The number of carboxylic acid groups (broad SMARTS) is 1. The molecule has 0 aliphatic carbocycles. The molecule has 0 radical (unpaired) electrons. The maximum atomic E-state index is 11.7. The fourth-order valence-corrected chi connectivity index (χ4v) is 3.96. The van der Waals surface area contributed by atoms with Crippen LogP contribution in [0.2, 0.25) is 0 Å². The molecule has 3 N–H and O–H groups in total. The van der Waals surface area contributed by atoms with Crippen molar-refractivity contribution < 1.29 is 24.7 Å². The molecule has 1 aliphatic heterocycles. The van der Waals surface area contributed by atoms with Crippen LogP contribution in [0.4, 0.5) is 0 Å². The van der Waals surface area contributed by atoms with Crippen LogP contribution in [-0.2, 0) is 11.2 Å². The van der Waals surface area contributed by atoms with Crippen molar-refractivity contribution in [3.63, 3.8) is 0 Å². The number of H-pyrrole nitrogens is 1. The minimum atomic E-state index is -1.06. The Bertz CT molecular complexity index is 1090. The molecule has 29 heavy (non-hydrogen) atoms. The van der Waals surface area contributed by atoms with E-state index in [0.29, 0.717) is 24.5 Å². The van der Waals surface area contributed by atoms with Gasteiger partial charge in [0.2, 0.25) is 0 Å². The molecule has 0 unspecified atom stereocenters. The van der Waals surface area contributed by atoms with Gasteiger partial charge in [-0.25, -0.2) is 0 Å². The number of rotatable bonds is 6. The molecule has 2 heterocycles. The van der Waals surface area contributed by atoms with Gasteiger partial charge in [0.05, 0.1) is 18.8 Å². The first-order valence-electron chi connectivity index (χ1n) is 9.58. The van der Waals surface area contributed by atoms with E-state index in [1.807, 2.05) is 54.7 Å². The van der Waals surface area contributed by atoms with Crippen molar-refractivity contribution in [2.75, 3.05) is 13.7 Å². The molecular weight excluding hydrogens is 368 g/mol. The number of methoxy groups -OCH3 is 1. The molecule has 4 rings (SSSR count). The average Bonchev–Trinajstić information content (AvgIpc) is 3.10. The van der Waals surface area contributed by atoms with Crippen LogP contribution in [0.1, 0.15) is 29.8 Å². The van der Waals surface area contributed by atoms with Crippen molar-refractivity contribution in [1.29, 1.82) is 0 Å². The molecule has 6 nitrogen and oxygen atoms in total. The molecule has 0 fully saturated rings. The van der Waals surface area contributed by atoms with E-state index in [2.05, 4.69) is 11.6 Å². The fourth-order valence-electron chi connectivity index (χ4n) is 3.96. The van der Waals surface area contributed by atoms with Crippen molar-refractivity contribution in [3.05, 3.63) is 71.4 Å². The molecular formula is C23H24N2O4. The van der Waals surface area contributed by atoms with Gasteiger partial charge in [0.15, 0.2) is 17.5 Å². The average molecular weight is 392 g/mol. The second kappa shape index (κ2) is 7.64. The van der Waals surface area contributed by atoms with Gasteiger partial charge < -0.3 is 29.7 Å². The normalized spacial score (nSPS) is 18.3. The number of ether oxygens (including phenoxy) is 2. The maximum Gasteiger partial charge on any atom is 0.161 e. The number of nitrogens with two attached hydrogens (primary N) is 1. The molecule has 3 aromatic rings. The summed E-state index contributed by atoms with van der Waals surface area (Å²) < 4.78 is 11.3. The molecule has 1 aliphatic rings. The van der Waals surface area contributed by atoms with Crippen LogP contribution >= 0.6 is 0 Å². The van der Waals surface area contributed by atoms with Crippen molar-refractivity contribution in [3.8, 4) is 11.5 Å². The summed E-state index contributed by atoms with van der Waals surface area (Å²) in [6.45, 7) is 6.16. The highest BCUT2D eigenvalue weighted by Gasteiger charge is 2.35. The molecule has 1 aromatic heterocycles. The van der Waals surface area contributed by atoms with E-state index < -0.39 is 12.0 Å². The number of carboxylic acids is 1. The van der Waals surface area contributed by atoms with E-state index in [9.17, 15) is 9.90 Å². The Morgan fingerprint density at radius 2 is 2.07 bits per heavy atom. The Morgan fingerprint density at radius 3 is 2.79 bits per heavy atom. The van der Waals surface area contributed by atoms with Crippen LogP contribution < -0.4 is 19.9 Å². The number of para-hydroxylation sites is 1. The lowest BCUT2D eigenvalue weighted by molar-refractivity contribution is -0.717. The van der Waals surface area contributed by atoms with Gasteiger partial charge in [-0.15, -0.1) is 0 Å². The molecule has 0 bridgehead atoms. The second-order valence-corrected chi connectivity index (χ2v) is 7.52. The Kier molecular flexibility index (Phi) is 5.03. The molecule has 6 heteroatoms. The van der Waals surface area contributed by atoms with Gasteiger partial charge in [-0.2, -0.15) is 0 Å². The van der Waals surface area contributed by atoms with E-state index in [1.165, 1.54) is 0 Å². The van der Waals surface area contributed by atoms with Crippen molar-refractivity contribution >= 4 is 16.9 Å². The number of quaternary nitrogens is 1. The molecule has 2 atom stereocenters. The van der Waals surface area contributed by atoms with Gasteiger partial charge in [-0.05, 0) is 42.3 Å². The first-order chi connectivity index (χ1) is 14.0. The summed E-state index contributed by atoms with van der Waals surface area (Å²) in [4.78, 5) is 15.2. The number of nitrogens with one attached hydrogen (secondary N) is 1. The zero-order valence-corrected chi connectivity index (χ0v) is 16.5. The minimum Gasteiger partial charge on any atom is -0.544 e. The van der Waals surface area contributed by atoms with Crippen LogP contribution in [0.25, 0.3) is 10.9 Å². The summed E-state index contributed by atoms with van der Waals surface area (Å²) in [6, 6.07) is 12.8. The van der Waals surface area contributed by atoms with Crippen LogP contribution in [0.15, 0.2) is 54.6 Å². The van der Waals surface area contributed by atoms with E-state index in [1.54, 1.807) is 7.11 Å². The molecule has 0 spiro atoms. The summed E-state index contributed by atoms with van der Waals surface area (Å²) >= 11 is 0. The molecule has 0 saturated heterocycles. The second-order valence-electron chi connectivity index (χ2n) is 7.52. The predicted octanol–water partition coefficient (Wildman–Crippen LogP) is 1.46. The summed E-state index contributed by atoms with van der Waals surface area (Å²) in [6.07, 6.45) is 0.426. The van der Waals surface area contributed by atoms with Gasteiger partial charge in [0, 0.05) is 22.9 Å². The fraction of sp³-hybridized carbons (Fsp3) is 0.261. The summed E-state index contributed by atoms with van der Waals surface area (Å²) in [5.41, 5.74) is 4.90. The third kappa shape index (κ3) is 3.59. The summed E-state index contributed by atoms with van der Waals surface area (Å²) in [5, 5.41) is 14.6. The first-order valence-corrected chi connectivity index (χ1v) is 9.58. The molecule has 0 saturated carbocycles. The number of aromatic nitrogens is 1. The number of carbonyl (C=O) groups is 1. The Balaban J connectivity index is 1.77.